The molecule has 1 aromatic rings. The van der Waals surface area contributed by atoms with Gasteiger partial charge in [-0.15, -0.1) is 0 Å². The van der Waals surface area contributed by atoms with Crippen LogP contribution in [0.25, 0.3) is 0 Å². The van der Waals surface area contributed by atoms with Gasteiger partial charge >= 0.3 is 0 Å². The highest BCUT2D eigenvalue weighted by atomic mass is 32.2. The average Bonchev–Trinajstić information content (AvgIpc) is 2.64. The number of aryl methyl sites for hydroxylation is 1. The lowest BCUT2D eigenvalue weighted by atomic mass is 10.2. The van der Waals surface area contributed by atoms with Crippen LogP contribution < -0.4 is 5.32 Å². The molecule has 2 unspecified atom stereocenters. The van der Waals surface area contributed by atoms with Gasteiger partial charge in [0.05, 0.1) is 6.20 Å². The Morgan fingerprint density at radius 2 is 1.94 bits per heavy atom. The van der Waals surface area contributed by atoms with Crippen molar-refractivity contribution in [2.45, 2.75) is 37.9 Å². The van der Waals surface area contributed by atoms with Crippen LogP contribution in [0.3, 0.4) is 0 Å². The average molecular weight is 258 g/mol. The predicted molar refractivity (Wildman–Crippen MR) is 64.1 cm³/mol. The van der Waals surface area contributed by atoms with Gasteiger partial charge < -0.3 is 10.3 Å². The Kier molecular flexibility index (Phi) is 3.24. The molecule has 2 N–H and O–H groups in total. The molecule has 0 bridgehead atoms. The van der Waals surface area contributed by atoms with Crippen molar-refractivity contribution in [2.24, 2.45) is 0 Å². The Balaban J connectivity index is 2.37. The van der Waals surface area contributed by atoms with Crippen LogP contribution in [-0.2, 0) is 10.0 Å². The number of hydrogen-bond acceptors (Lipinski definition) is 4. The lowest BCUT2D eigenvalue weighted by Gasteiger charge is -2.37. The van der Waals surface area contributed by atoms with E-state index >= 15 is 0 Å². The molecule has 0 aromatic carbocycles. The van der Waals surface area contributed by atoms with Crippen LogP contribution in [0.15, 0.2) is 11.2 Å². The highest BCUT2D eigenvalue weighted by Crippen LogP contribution is 2.21. The number of piperazine rings is 1. The van der Waals surface area contributed by atoms with E-state index in [1.807, 2.05) is 13.8 Å². The number of rotatable bonds is 2. The summed E-state index contributed by atoms with van der Waals surface area (Å²) >= 11 is 0. The van der Waals surface area contributed by atoms with Crippen molar-refractivity contribution < 1.29 is 8.42 Å². The summed E-state index contributed by atoms with van der Waals surface area (Å²) in [5, 5.41) is 3.39. The molecule has 1 fully saturated rings. The van der Waals surface area contributed by atoms with Crippen molar-refractivity contribution >= 4 is 10.0 Å². The van der Waals surface area contributed by atoms with Crippen molar-refractivity contribution in [3.8, 4) is 0 Å². The smallest absolute Gasteiger partial charge is 0.260 e. The molecule has 0 saturated carbocycles. The summed E-state index contributed by atoms with van der Waals surface area (Å²) in [6, 6.07) is -0.0975. The summed E-state index contributed by atoms with van der Waals surface area (Å²) in [4.78, 5) is 6.74. The summed E-state index contributed by atoms with van der Waals surface area (Å²) < 4.78 is 26.4. The van der Waals surface area contributed by atoms with Crippen LogP contribution in [0.2, 0.25) is 0 Å². The summed E-state index contributed by atoms with van der Waals surface area (Å²) in [6.45, 7) is 6.91. The number of H-pyrrole nitrogens is 1. The Morgan fingerprint density at radius 1 is 1.35 bits per heavy atom. The first-order valence-corrected chi connectivity index (χ1v) is 7.13. The van der Waals surface area contributed by atoms with E-state index in [1.165, 1.54) is 6.20 Å². The van der Waals surface area contributed by atoms with Crippen molar-refractivity contribution in [3.05, 3.63) is 12.0 Å². The molecule has 1 saturated heterocycles. The maximum Gasteiger partial charge on any atom is 0.260 e. The normalized spacial score (nSPS) is 27.2. The third-order valence-electron chi connectivity index (χ3n) is 2.98. The molecule has 2 atom stereocenters. The first-order chi connectivity index (χ1) is 7.93. The summed E-state index contributed by atoms with van der Waals surface area (Å²) in [5.74, 6) is 0.610. The van der Waals surface area contributed by atoms with Gasteiger partial charge in [0.1, 0.15) is 5.82 Å². The zero-order valence-electron chi connectivity index (χ0n) is 10.3. The van der Waals surface area contributed by atoms with E-state index in [2.05, 4.69) is 15.3 Å². The minimum absolute atomic E-state index is 0.0487. The maximum absolute atomic E-state index is 12.4. The molecule has 0 amide bonds. The Labute approximate surface area is 101 Å². The number of sulfonamides is 1. The highest BCUT2D eigenvalue weighted by Gasteiger charge is 2.36. The van der Waals surface area contributed by atoms with Crippen molar-refractivity contribution in [2.75, 3.05) is 13.1 Å². The van der Waals surface area contributed by atoms with Gasteiger partial charge in [-0.2, -0.15) is 4.31 Å². The standard InChI is InChI=1S/C10H18N4O2S/c1-7-4-11-5-8(2)14(7)17(15,16)10-6-12-9(3)13-10/h6-8,11H,4-5H2,1-3H3,(H,12,13). The predicted octanol–water partition coefficient (Wildman–Crippen LogP) is 0.0890. The first kappa shape index (κ1) is 12.5. The van der Waals surface area contributed by atoms with E-state index < -0.39 is 10.0 Å². The fourth-order valence-corrected chi connectivity index (χ4v) is 4.02. The van der Waals surface area contributed by atoms with Gasteiger partial charge in [0.15, 0.2) is 5.03 Å². The minimum Gasteiger partial charge on any atom is -0.332 e. The Morgan fingerprint density at radius 3 is 2.41 bits per heavy atom. The maximum atomic E-state index is 12.4. The van der Waals surface area contributed by atoms with Gasteiger partial charge in [0.25, 0.3) is 10.0 Å². The molecule has 17 heavy (non-hydrogen) atoms. The summed E-state index contributed by atoms with van der Waals surface area (Å²) in [5.41, 5.74) is 0. The van der Waals surface area contributed by atoms with Crippen LogP contribution in [0.5, 0.6) is 0 Å². The van der Waals surface area contributed by atoms with Gasteiger partial charge in [0, 0.05) is 25.2 Å². The highest BCUT2D eigenvalue weighted by molar-refractivity contribution is 7.89. The van der Waals surface area contributed by atoms with Crippen LogP contribution in [-0.4, -0.2) is 47.9 Å². The summed E-state index contributed by atoms with van der Waals surface area (Å²) in [6.07, 6.45) is 1.38. The summed E-state index contributed by atoms with van der Waals surface area (Å²) in [7, 11) is -3.46. The fraction of sp³-hybridized carbons (Fsp3) is 0.700. The van der Waals surface area contributed by atoms with Gasteiger partial charge in [-0.1, -0.05) is 0 Å². The lowest BCUT2D eigenvalue weighted by Crippen LogP contribution is -2.57. The van der Waals surface area contributed by atoms with Crippen molar-refractivity contribution in [1.29, 1.82) is 0 Å². The molecular formula is C10H18N4O2S. The molecule has 2 heterocycles. The van der Waals surface area contributed by atoms with E-state index in [1.54, 1.807) is 11.2 Å². The zero-order valence-corrected chi connectivity index (χ0v) is 11.1. The number of imidazole rings is 1. The molecule has 6 nitrogen and oxygen atoms in total. The largest absolute Gasteiger partial charge is 0.332 e. The van der Waals surface area contributed by atoms with Crippen LogP contribution >= 0.6 is 0 Å². The van der Waals surface area contributed by atoms with Crippen LogP contribution in [0, 0.1) is 6.92 Å². The van der Waals surface area contributed by atoms with E-state index in [0.29, 0.717) is 18.9 Å². The Hall–Kier alpha value is -0.920. The number of nitrogens with one attached hydrogen (secondary N) is 2. The molecule has 96 valence electrons. The molecule has 1 aliphatic heterocycles. The third kappa shape index (κ3) is 2.22. The fourth-order valence-electron chi connectivity index (χ4n) is 2.23. The monoisotopic (exact) mass is 258 g/mol. The molecule has 7 heteroatoms. The molecule has 2 rings (SSSR count). The van der Waals surface area contributed by atoms with Crippen molar-refractivity contribution in [1.82, 2.24) is 19.6 Å². The second kappa shape index (κ2) is 4.40. The van der Waals surface area contributed by atoms with Gasteiger partial charge in [-0.05, 0) is 20.8 Å². The number of hydrogen-bond donors (Lipinski definition) is 2. The lowest BCUT2D eigenvalue weighted by molar-refractivity contribution is 0.219. The minimum atomic E-state index is -3.46. The molecule has 0 radical (unpaired) electrons. The third-order valence-corrected chi connectivity index (χ3v) is 5.02. The molecule has 1 aromatic heterocycles. The van der Waals surface area contributed by atoms with Crippen LogP contribution in [0.4, 0.5) is 0 Å². The number of aromatic nitrogens is 2. The molecular weight excluding hydrogens is 240 g/mol. The number of nitrogens with zero attached hydrogens (tertiary/aromatic N) is 2. The second-order valence-electron chi connectivity index (χ2n) is 4.52. The SMILES string of the molecule is Cc1ncc(S(=O)(=O)N2C(C)CNCC2C)[nH]1. The Bertz CT molecular complexity index is 486. The number of aromatic amines is 1. The molecule has 1 aliphatic rings. The van der Waals surface area contributed by atoms with E-state index in [-0.39, 0.29) is 17.1 Å². The van der Waals surface area contributed by atoms with Crippen molar-refractivity contribution in [3.63, 3.8) is 0 Å². The van der Waals surface area contributed by atoms with E-state index in [0.717, 1.165) is 0 Å². The zero-order chi connectivity index (χ0) is 12.6. The quantitative estimate of drug-likeness (QED) is 0.788. The van der Waals surface area contributed by atoms with Gasteiger partial charge in [-0.3, -0.25) is 0 Å². The van der Waals surface area contributed by atoms with E-state index in [4.69, 9.17) is 0 Å². The van der Waals surface area contributed by atoms with Gasteiger partial charge in [0.2, 0.25) is 0 Å². The molecule has 0 spiro atoms. The van der Waals surface area contributed by atoms with E-state index in [9.17, 15) is 8.42 Å². The van der Waals surface area contributed by atoms with Crippen LogP contribution in [0.1, 0.15) is 19.7 Å². The topological polar surface area (TPSA) is 78.1 Å². The second-order valence-corrected chi connectivity index (χ2v) is 6.34. The van der Waals surface area contributed by atoms with Gasteiger partial charge in [-0.25, -0.2) is 13.4 Å². The molecule has 0 aliphatic carbocycles. The first-order valence-electron chi connectivity index (χ1n) is 5.69.